The summed E-state index contributed by atoms with van der Waals surface area (Å²) in [5, 5.41) is 3.10. The van der Waals surface area contributed by atoms with Crippen molar-refractivity contribution in [2.75, 3.05) is 32.8 Å². The third kappa shape index (κ3) is 4.82. The monoisotopic (exact) mass is 371 g/mol. The molecule has 27 heavy (non-hydrogen) atoms. The molecule has 0 aromatic heterocycles. The summed E-state index contributed by atoms with van der Waals surface area (Å²) in [6.45, 7) is 5.56. The molecule has 4 rings (SSSR count). The van der Waals surface area contributed by atoms with E-state index in [1.54, 1.807) is 0 Å². The standard InChI is InChI=1S/C22H33N3O2/c26-22(23-12-8-21-7-3-4-16-27-21)24-14-10-20(11-15-24)25-13-9-18-5-1-2-6-19(18)17-25/h1-2,5-6,20-21H,3-4,7-17H2,(H,23,26)/t21-/m0/s1. The fraction of sp³-hybridized carbons (Fsp3) is 0.682. The number of hydrogen-bond acceptors (Lipinski definition) is 3. The van der Waals surface area contributed by atoms with Crippen molar-refractivity contribution in [2.45, 2.75) is 63.6 Å². The summed E-state index contributed by atoms with van der Waals surface area (Å²) in [5.41, 5.74) is 2.99. The molecule has 3 aliphatic rings. The smallest absolute Gasteiger partial charge is 0.317 e. The summed E-state index contributed by atoms with van der Waals surface area (Å²) >= 11 is 0. The molecular weight excluding hydrogens is 338 g/mol. The van der Waals surface area contributed by atoms with Gasteiger partial charge in [0.25, 0.3) is 0 Å². The Morgan fingerprint density at radius 1 is 1.07 bits per heavy atom. The highest BCUT2D eigenvalue weighted by Gasteiger charge is 2.28. The molecule has 1 aromatic rings. The average molecular weight is 372 g/mol. The van der Waals surface area contributed by atoms with Crippen LogP contribution >= 0.6 is 0 Å². The van der Waals surface area contributed by atoms with E-state index in [-0.39, 0.29) is 6.03 Å². The summed E-state index contributed by atoms with van der Waals surface area (Å²) in [5.74, 6) is 0. The highest BCUT2D eigenvalue weighted by molar-refractivity contribution is 5.74. The van der Waals surface area contributed by atoms with Crippen molar-refractivity contribution >= 4 is 6.03 Å². The van der Waals surface area contributed by atoms with Gasteiger partial charge in [0, 0.05) is 45.4 Å². The highest BCUT2D eigenvalue weighted by atomic mass is 16.5. The lowest BCUT2D eigenvalue weighted by atomic mass is 9.95. The molecule has 0 saturated carbocycles. The first-order valence-electron chi connectivity index (χ1n) is 10.7. The van der Waals surface area contributed by atoms with Gasteiger partial charge in [-0.05, 0) is 56.1 Å². The van der Waals surface area contributed by atoms with Crippen LogP contribution in [0.2, 0.25) is 0 Å². The van der Waals surface area contributed by atoms with Crippen molar-refractivity contribution in [1.82, 2.24) is 15.1 Å². The SMILES string of the molecule is O=C(NCC[C@@H]1CCCCO1)N1CCC(N2CCc3ccccc3C2)CC1. The first kappa shape index (κ1) is 18.8. The van der Waals surface area contributed by atoms with Gasteiger partial charge in [-0.1, -0.05) is 24.3 Å². The molecular formula is C22H33N3O2. The topological polar surface area (TPSA) is 44.8 Å². The van der Waals surface area contributed by atoms with E-state index < -0.39 is 0 Å². The predicted octanol–water partition coefficient (Wildman–Crippen LogP) is 3.18. The van der Waals surface area contributed by atoms with Gasteiger partial charge in [0.15, 0.2) is 0 Å². The second kappa shape index (κ2) is 9.07. The summed E-state index contributed by atoms with van der Waals surface area (Å²) in [6.07, 6.45) is 8.18. The zero-order chi connectivity index (χ0) is 18.5. The molecule has 2 fully saturated rings. The van der Waals surface area contributed by atoms with E-state index in [2.05, 4.69) is 34.5 Å². The Labute approximate surface area is 163 Å². The third-order valence-electron chi connectivity index (χ3n) is 6.44. The van der Waals surface area contributed by atoms with Gasteiger partial charge in [-0.3, -0.25) is 4.90 Å². The lowest BCUT2D eigenvalue weighted by Gasteiger charge is -2.40. The number of ether oxygens (including phenoxy) is 1. The lowest BCUT2D eigenvalue weighted by Crippen LogP contribution is -2.50. The van der Waals surface area contributed by atoms with E-state index >= 15 is 0 Å². The lowest BCUT2D eigenvalue weighted by molar-refractivity contribution is 0.0117. The van der Waals surface area contributed by atoms with Crippen molar-refractivity contribution in [1.29, 1.82) is 0 Å². The van der Waals surface area contributed by atoms with Crippen LogP contribution in [0.1, 0.15) is 49.7 Å². The second-order valence-electron chi connectivity index (χ2n) is 8.22. The van der Waals surface area contributed by atoms with Crippen LogP contribution < -0.4 is 5.32 Å². The number of fused-ring (bicyclic) bond motifs is 1. The van der Waals surface area contributed by atoms with Gasteiger partial charge >= 0.3 is 6.03 Å². The minimum atomic E-state index is 0.105. The molecule has 1 N–H and O–H groups in total. The van der Waals surface area contributed by atoms with E-state index in [0.717, 1.165) is 71.4 Å². The average Bonchev–Trinajstić information content (AvgIpc) is 2.74. The fourth-order valence-electron chi connectivity index (χ4n) is 4.75. The summed E-state index contributed by atoms with van der Waals surface area (Å²) in [6, 6.07) is 9.53. The normalized spacial score (nSPS) is 24.4. The summed E-state index contributed by atoms with van der Waals surface area (Å²) in [7, 11) is 0. The van der Waals surface area contributed by atoms with Crippen LogP contribution in [-0.4, -0.2) is 60.8 Å². The number of carbonyl (C=O) groups is 1. The van der Waals surface area contributed by atoms with Crippen molar-refractivity contribution < 1.29 is 9.53 Å². The fourth-order valence-corrected chi connectivity index (χ4v) is 4.75. The summed E-state index contributed by atoms with van der Waals surface area (Å²) in [4.78, 5) is 17.1. The molecule has 0 aliphatic carbocycles. The molecule has 0 spiro atoms. The molecule has 0 bridgehead atoms. The van der Waals surface area contributed by atoms with E-state index in [0.29, 0.717) is 12.1 Å². The van der Waals surface area contributed by atoms with Gasteiger partial charge in [-0.2, -0.15) is 0 Å². The van der Waals surface area contributed by atoms with Crippen LogP contribution in [0, 0.1) is 0 Å². The maximum Gasteiger partial charge on any atom is 0.317 e. The number of amides is 2. The second-order valence-corrected chi connectivity index (χ2v) is 8.22. The van der Waals surface area contributed by atoms with Crippen LogP contribution in [0.15, 0.2) is 24.3 Å². The number of likely N-dealkylation sites (tertiary alicyclic amines) is 1. The van der Waals surface area contributed by atoms with E-state index in [1.807, 2.05) is 4.90 Å². The molecule has 0 radical (unpaired) electrons. The molecule has 5 nitrogen and oxygen atoms in total. The molecule has 148 valence electrons. The molecule has 0 unspecified atom stereocenters. The zero-order valence-corrected chi connectivity index (χ0v) is 16.4. The number of nitrogens with zero attached hydrogens (tertiary/aromatic N) is 2. The third-order valence-corrected chi connectivity index (χ3v) is 6.44. The summed E-state index contributed by atoms with van der Waals surface area (Å²) < 4.78 is 5.74. The number of urea groups is 1. The Hall–Kier alpha value is -1.59. The molecule has 2 saturated heterocycles. The van der Waals surface area contributed by atoms with Crippen LogP contribution in [0.5, 0.6) is 0 Å². The van der Waals surface area contributed by atoms with Crippen LogP contribution in [0.4, 0.5) is 4.79 Å². The Morgan fingerprint density at radius 2 is 1.89 bits per heavy atom. The maximum absolute atomic E-state index is 12.4. The van der Waals surface area contributed by atoms with Crippen LogP contribution in [0.25, 0.3) is 0 Å². The van der Waals surface area contributed by atoms with Crippen LogP contribution in [0.3, 0.4) is 0 Å². The number of carbonyl (C=O) groups excluding carboxylic acids is 1. The Bertz CT molecular complexity index is 622. The van der Waals surface area contributed by atoms with E-state index in [1.165, 1.54) is 24.0 Å². The maximum atomic E-state index is 12.4. The van der Waals surface area contributed by atoms with E-state index in [4.69, 9.17) is 4.74 Å². The Morgan fingerprint density at radius 3 is 2.67 bits per heavy atom. The number of rotatable bonds is 4. The molecule has 5 heteroatoms. The molecule has 2 amide bonds. The van der Waals surface area contributed by atoms with Crippen molar-refractivity contribution in [3.63, 3.8) is 0 Å². The highest BCUT2D eigenvalue weighted by Crippen LogP contribution is 2.25. The van der Waals surface area contributed by atoms with Crippen molar-refractivity contribution in [3.05, 3.63) is 35.4 Å². The van der Waals surface area contributed by atoms with Gasteiger partial charge < -0.3 is 15.0 Å². The molecule has 3 aliphatic heterocycles. The van der Waals surface area contributed by atoms with Crippen molar-refractivity contribution in [2.24, 2.45) is 0 Å². The zero-order valence-electron chi connectivity index (χ0n) is 16.4. The Balaban J connectivity index is 1.18. The van der Waals surface area contributed by atoms with Gasteiger partial charge in [-0.15, -0.1) is 0 Å². The molecule has 1 atom stereocenters. The molecule has 3 heterocycles. The Kier molecular flexibility index (Phi) is 6.30. The first-order chi connectivity index (χ1) is 13.3. The van der Waals surface area contributed by atoms with Crippen LogP contribution in [-0.2, 0) is 17.7 Å². The number of hydrogen-bond donors (Lipinski definition) is 1. The van der Waals surface area contributed by atoms with Gasteiger partial charge in [0.2, 0.25) is 0 Å². The minimum absolute atomic E-state index is 0.105. The van der Waals surface area contributed by atoms with Gasteiger partial charge in [0.1, 0.15) is 0 Å². The minimum Gasteiger partial charge on any atom is -0.378 e. The predicted molar refractivity (Wildman–Crippen MR) is 107 cm³/mol. The van der Waals surface area contributed by atoms with Crippen molar-refractivity contribution in [3.8, 4) is 0 Å². The van der Waals surface area contributed by atoms with E-state index in [9.17, 15) is 4.79 Å². The van der Waals surface area contributed by atoms with Gasteiger partial charge in [0.05, 0.1) is 6.10 Å². The number of piperidine rings is 1. The van der Waals surface area contributed by atoms with Gasteiger partial charge in [-0.25, -0.2) is 4.79 Å². The quantitative estimate of drug-likeness (QED) is 0.884. The molecule has 1 aromatic carbocycles. The first-order valence-corrected chi connectivity index (χ1v) is 10.7. The number of nitrogens with one attached hydrogen (secondary N) is 1. The largest absolute Gasteiger partial charge is 0.378 e. The number of benzene rings is 1.